The molecular weight excluding hydrogens is 352 g/mol. The zero-order valence-corrected chi connectivity index (χ0v) is 15.9. The van der Waals surface area contributed by atoms with Crippen molar-refractivity contribution in [2.45, 2.75) is 20.3 Å². The summed E-state index contributed by atoms with van der Waals surface area (Å²) in [5.41, 5.74) is 3.23. The maximum absolute atomic E-state index is 12.4. The number of rotatable bonds is 6. The molecule has 0 saturated heterocycles. The van der Waals surface area contributed by atoms with Crippen LogP contribution in [0.1, 0.15) is 17.1 Å². The van der Waals surface area contributed by atoms with E-state index in [9.17, 15) is 4.79 Å². The van der Waals surface area contributed by atoms with Gasteiger partial charge in [0.05, 0.1) is 37.7 Å². The molecule has 0 aliphatic carbocycles. The highest BCUT2D eigenvalue weighted by Gasteiger charge is 2.13. The standard InChI is InChI=1S/C18H20N4O3S/c1-11-7-12(2)22(21-11)18-19-13(10-26-18)8-17(23)20-15-6-5-14(24-3)9-16(15)25-4/h5-7,9-10H,8H2,1-4H3,(H,20,23). The Hall–Kier alpha value is -2.87. The van der Waals surface area contributed by atoms with Gasteiger partial charge in [-0.25, -0.2) is 9.67 Å². The summed E-state index contributed by atoms with van der Waals surface area (Å²) in [6.45, 7) is 3.91. The summed E-state index contributed by atoms with van der Waals surface area (Å²) in [6, 6.07) is 7.23. The molecule has 8 heteroatoms. The Kier molecular flexibility index (Phi) is 5.22. The average Bonchev–Trinajstić information content (AvgIpc) is 3.20. The summed E-state index contributed by atoms with van der Waals surface area (Å²) in [6.07, 6.45) is 0.172. The Morgan fingerprint density at radius 3 is 2.69 bits per heavy atom. The van der Waals surface area contributed by atoms with Gasteiger partial charge in [-0.3, -0.25) is 4.79 Å². The lowest BCUT2D eigenvalue weighted by molar-refractivity contribution is -0.115. The molecule has 0 aliphatic rings. The van der Waals surface area contributed by atoms with E-state index in [1.54, 1.807) is 37.1 Å². The number of aryl methyl sites for hydroxylation is 2. The van der Waals surface area contributed by atoms with E-state index in [4.69, 9.17) is 9.47 Å². The monoisotopic (exact) mass is 372 g/mol. The van der Waals surface area contributed by atoms with E-state index in [0.29, 0.717) is 22.9 Å². The molecule has 0 fully saturated rings. The maximum atomic E-state index is 12.4. The van der Waals surface area contributed by atoms with E-state index in [1.807, 2.05) is 25.3 Å². The summed E-state index contributed by atoms with van der Waals surface area (Å²) in [7, 11) is 3.13. The molecule has 0 saturated carbocycles. The molecule has 1 amide bonds. The number of carbonyl (C=O) groups excluding carboxylic acids is 1. The highest BCUT2D eigenvalue weighted by molar-refractivity contribution is 7.12. The molecule has 1 aromatic carbocycles. The van der Waals surface area contributed by atoms with Crippen molar-refractivity contribution >= 4 is 22.9 Å². The van der Waals surface area contributed by atoms with Crippen molar-refractivity contribution in [3.63, 3.8) is 0 Å². The molecule has 0 bridgehead atoms. The summed E-state index contributed by atoms with van der Waals surface area (Å²) in [5.74, 6) is 1.03. The van der Waals surface area contributed by atoms with Gasteiger partial charge in [0.1, 0.15) is 11.5 Å². The Morgan fingerprint density at radius 1 is 1.23 bits per heavy atom. The second-order valence-corrected chi connectivity index (χ2v) is 6.59. The lowest BCUT2D eigenvalue weighted by atomic mass is 10.2. The molecule has 0 atom stereocenters. The minimum absolute atomic E-state index is 0.168. The number of hydrogen-bond donors (Lipinski definition) is 1. The van der Waals surface area contributed by atoms with Crippen LogP contribution >= 0.6 is 11.3 Å². The third-order valence-electron chi connectivity index (χ3n) is 3.75. The van der Waals surface area contributed by atoms with E-state index in [1.165, 1.54) is 11.3 Å². The minimum atomic E-state index is -0.168. The van der Waals surface area contributed by atoms with Crippen molar-refractivity contribution in [3.05, 3.63) is 46.7 Å². The number of ether oxygens (including phenoxy) is 2. The van der Waals surface area contributed by atoms with Crippen LogP contribution in [0.15, 0.2) is 29.6 Å². The van der Waals surface area contributed by atoms with Crippen LogP contribution in [0.3, 0.4) is 0 Å². The van der Waals surface area contributed by atoms with E-state index in [0.717, 1.165) is 16.5 Å². The molecule has 7 nitrogen and oxygen atoms in total. The summed E-state index contributed by atoms with van der Waals surface area (Å²) in [4.78, 5) is 16.9. The second kappa shape index (κ2) is 7.57. The number of hydrogen-bond acceptors (Lipinski definition) is 6. The van der Waals surface area contributed by atoms with Gasteiger partial charge in [0.2, 0.25) is 11.0 Å². The molecule has 1 N–H and O–H groups in total. The fourth-order valence-corrected chi connectivity index (χ4v) is 3.39. The number of methoxy groups -OCH3 is 2. The summed E-state index contributed by atoms with van der Waals surface area (Å²) in [5, 5.41) is 9.89. The van der Waals surface area contributed by atoms with Crippen LogP contribution in [0.25, 0.3) is 5.13 Å². The third-order valence-corrected chi connectivity index (χ3v) is 4.62. The molecular formula is C18H20N4O3S. The number of thiazole rings is 1. The average molecular weight is 372 g/mol. The third kappa shape index (κ3) is 3.85. The van der Waals surface area contributed by atoms with Gasteiger partial charge in [0.25, 0.3) is 0 Å². The normalized spacial score (nSPS) is 10.6. The van der Waals surface area contributed by atoms with Crippen molar-refractivity contribution in [1.82, 2.24) is 14.8 Å². The molecule has 26 heavy (non-hydrogen) atoms. The predicted molar refractivity (Wildman–Crippen MR) is 101 cm³/mol. The molecule has 0 spiro atoms. The lowest BCUT2D eigenvalue weighted by Gasteiger charge is -2.11. The number of anilines is 1. The molecule has 0 radical (unpaired) electrons. The van der Waals surface area contributed by atoms with Crippen molar-refractivity contribution < 1.29 is 14.3 Å². The zero-order valence-electron chi connectivity index (χ0n) is 15.1. The number of amides is 1. The van der Waals surface area contributed by atoms with Gasteiger partial charge in [0.15, 0.2) is 0 Å². The van der Waals surface area contributed by atoms with Crippen LogP contribution in [0.5, 0.6) is 11.5 Å². The molecule has 136 valence electrons. The smallest absolute Gasteiger partial charge is 0.230 e. The molecule has 0 aliphatic heterocycles. The van der Waals surface area contributed by atoms with Crippen LogP contribution < -0.4 is 14.8 Å². The fraction of sp³-hybridized carbons (Fsp3) is 0.278. The predicted octanol–water partition coefficient (Wildman–Crippen LogP) is 3.14. The summed E-state index contributed by atoms with van der Waals surface area (Å²) >= 11 is 1.46. The van der Waals surface area contributed by atoms with Gasteiger partial charge in [-0.2, -0.15) is 5.10 Å². The largest absolute Gasteiger partial charge is 0.497 e. The van der Waals surface area contributed by atoms with E-state index >= 15 is 0 Å². The molecule has 2 heterocycles. The number of nitrogens with zero attached hydrogens (tertiary/aromatic N) is 3. The Morgan fingerprint density at radius 2 is 2.04 bits per heavy atom. The first kappa shape index (κ1) is 17.9. The van der Waals surface area contributed by atoms with E-state index in [-0.39, 0.29) is 12.3 Å². The fourth-order valence-electron chi connectivity index (χ4n) is 2.56. The van der Waals surface area contributed by atoms with Crippen molar-refractivity contribution in [2.75, 3.05) is 19.5 Å². The number of nitrogens with one attached hydrogen (secondary N) is 1. The number of benzene rings is 1. The molecule has 2 aromatic heterocycles. The van der Waals surface area contributed by atoms with Crippen LogP contribution in [0.4, 0.5) is 5.69 Å². The maximum Gasteiger partial charge on any atom is 0.230 e. The Bertz CT molecular complexity index is 932. The van der Waals surface area contributed by atoms with Crippen molar-refractivity contribution in [3.8, 4) is 16.6 Å². The van der Waals surface area contributed by atoms with Crippen LogP contribution in [-0.4, -0.2) is 34.9 Å². The van der Waals surface area contributed by atoms with Crippen molar-refractivity contribution in [1.29, 1.82) is 0 Å². The highest BCUT2D eigenvalue weighted by atomic mass is 32.1. The topological polar surface area (TPSA) is 78.3 Å². The number of carbonyl (C=O) groups is 1. The molecule has 0 unspecified atom stereocenters. The summed E-state index contributed by atoms with van der Waals surface area (Å²) < 4.78 is 12.2. The Balaban J connectivity index is 1.70. The Labute approximate surface area is 155 Å². The van der Waals surface area contributed by atoms with Gasteiger partial charge in [-0.05, 0) is 32.0 Å². The lowest BCUT2D eigenvalue weighted by Crippen LogP contribution is -2.15. The van der Waals surface area contributed by atoms with Gasteiger partial charge in [-0.15, -0.1) is 11.3 Å². The minimum Gasteiger partial charge on any atom is -0.497 e. The first-order valence-electron chi connectivity index (χ1n) is 8.00. The quantitative estimate of drug-likeness (QED) is 0.719. The second-order valence-electron chi connectivity index (χ2n) is 5.75. The van der Waals surface area contributed by atoms with Gasteiger partial charge < -0.3 is 14.8 Å². The van der Waals surface area contributed by atoms with Gasteiger partial charge in [0, 0.05) is 17.1 Å². The van der Waals surface area contributed by atoms with E-state index in [2.05, 4.69) is 15.4 Å². The number of aromatic nitrogens is 3. The zero-order chi connectivity index (χ0) is 18.7. The highest BCUT2D eigenvalue weighted by Crippen LogP contribution is 2.29. The van der Waals surface area contributed by atoms with Gasteiger partial charge >= 0.3 is 0 Å². The first-order chi connectivity index (χ1) is 12.5. The van der Waals surface area contributed by atoms with Crippen molar-refractivity contribution in [2.24, 2.45) is 0 Å². The molecule has 3 rings (SSSR count). The molecule has 3 aromatic rings. The van der Waals surface area contributed by atoms with Crippen LogP contribution in [0.2, 0.25) is 0 Å². The van der Waals surface area contributed by atoms with E-state index < -0.39 is 0 Å². The van der Waals surface area contributed by atoms with Gasteiger partial charge in [-0.1, -0.05) is 0 Å². The van der Waals surface area contributed by atoms with Crippen LogP contribution in [0, 0.1) is 13.8 Å². The first-order valence-corrected chi connectivity index (χ1v) is 8.88. The SMILES string of the molecule is COc1ccc(NC(=O)Cc2csc(-n3nc(C)cc3C)n2)c(OC)c1. The van der Waals surface area contributed by atoms with Crippen LogP contribution in [-0.2, 0) is 11.2 Å².